The number of amides is 4. The summed E-state index contributed by atoms with van der Waals surface area (Å²) < 4.78 is 31.7. The molecule has 0 spiro atoms. The van der Waals surface area contributed by atoms with Gasteiger partial charge in [-0.25, -0.2) is 9.59 Å². The third-order valence-corrected chi connectivity index (χ3v) is 4.70. The quantitative estimate of drug-likeness (QED) is 0.236. The number of carbonyl (C=O) groups is 5. The van der Waals surface area contributed by atoms with Crippen LogP contribution in [0.25, 0.3) is 11.1 Å². The molecule has 0 aliphatic carbocycles. The number of aliphatic carboxylic acids is 2. The molecule has 11 nitrogen and oxygen atoms in total. The van der Waals surface area contributed by atoms with E-state index < -0.39 is 36.1 Å². The summed E-state index contributed by atoms with van der Waals surface area (Å²) in [5.74, 6) is -4.67. The van der Waals surface area contributed by atoms with E-state index in [1.54, 1.807) is 12.1 Å². The Morgan fingerprint density at radius 2 is 1.39 bits per heavy atom. The molecule has 0 bridgehead atoms. The van der Waals surface area contributed by atoms with Crippen LogP contribution in [0.5, 0.6) is 0 Å². The second kappa shape index (κ2) is 15.5. The number of alkyl halides is 3. The van der Waals surface area contributed by atoms with E-state index in [0.29, 0.717) is 12.0 Å². The molecule has 1 atom stereocenters. The van der Waals surface area contributed by atoms with Crippen molar-refractivity contribution in [2.24, 2.45) is 5.73 Å². The molecule has 2 aromatic rings. The normalized spacial score (nSPS) is 11.2. The predicted molar refractivity (Wildman–Crippen MR) is 129 cm³/mol. The monoisotopic (exact) mass is 540 g/mol. The van der Waals surface area contributed by atoms with E-state index in [1.807, 2.05) is 42.5 Å². The first-order valence-electron chi connectivity index (χ1n) is 11.1. The van der Waals surface area contributed by atoms with Gasteiger partial charge in [0.05, 0.1) is 19.0 Å². The minimum absolute atomic E-state index is 0.118. The smallest absolute Gasteiger partial charge is 0.481 e. The van der Waals surface area contributed by atoms with Crippen molar-refractivity contribution >= 4 is 29.8 Å². The molecule has 1 unspecified atom stereocenters. The van der Waals surface area contributed by atoms with E-state index in [1.165, 1.54) is 0 Å². The number of nitrogens with one attached hydrogen (secondary N) is 3. The first kappa shape index (κ1) is 31.4. The van der Waals surface area contributed by atoms with Gasteiger partial charge in [0.2, 0.25) is 11.8 Å². The summed E-state index contributed by atoms with van der Waals surface area (Å²) in [7, 11) is 0. The minimum atomic E-state index is -5.08. The van der Waals surface area contributed by atoms with Crippen LogP contribution in [-0.4, -0.2) is 59.3 Å². The van der Waals surface area contributed by atoms with Crippen LogP contribution in [0.15, 0.2) is 54.6 Å². The Kier molecular flexibility index (Phi) is 12.8. The highest BCUT2D eigenvalue weighted by Crippen LogP contribution is 2.23. The molecule has 2 rings (SSSR count). The summed E-state index contributed by atoms with van der Waals surface area (Å²) in [5.41, 5.74) is 7.59. The molecule has 38 heavy (non-hydrogen) atoms. The molecule has 0 saturated carbocycles. The summed E-state index contributed by atoms with van der Waals surface area (Å²) in [5, 5.41) is 23.8. The van der Waals surface area contributed by atoms with Crippen LogP contribution in [0.1, 0.15) is 30.9 Å². The van der Waals surface area contributed by atoms with E-state index in [9.17, 15) is 37.5 Å². The Balaban J connectivity index is 0.000000905. The van der Waals surface area contributed by atoms with Gasteiger partial charge in [0.25, 0.3) is 0 Å². The van der Waals surface area contributed by atoms with Crippen molar-refractivity contribution < 1.29 is 47.4 Å². The van der Waals surface area contributed by atoms with Crippen LogP contribution < -0.4 is 21.7 Å². The lowest BCUT2D eigenvalue weighted by molar-refractivity contribution is -0.192. The molecule has 0 fully saturated rings. The van der Waals surface area contributed by atoms with E-state index in [4.69, 9.17) is 15.6 Å². The standard InChI is InChI=1S/C22H26N4O5.C2HF3O2/c23-22(31)24-12-4-7-19(27)25-14-20(28)26-18(13-21(29)30)17-10-8-16(9-11-17)15-5-2-1-3-6-15;3-2(4,5)1(6)7/h1-3,5-6,8-11,18H,4,7,12-14H2,(H,25,27)(H,26,28)(H,29,30)(H3,23,24,31);(H,6,7). The lowest BCUT2D eigenvalue weighted by atomic mass is 9.99. The number of carboxylic acid groups (broad SMARTS) is 2. The number of nitrogens with two attached hydrogens (primary N) is 1. The van der Waals surface area contributed by atoms with Crippen LogP contribution in [0.2, 0.25) is 0 Å². The first-order chi connectivity index (χ1) is 17.8. The molecule has 0 saturated heterocycles. The lowest BCUT2D eigenvalue weighted by Gasteiger charge is -2.18. The van der Waals surface area contributed by atoms with Gasteiger partial charge in [0.1, 0.15) is 0 Å². The second-order valence-corrected chi connectivity index (χ2v) is 7.68. The van der Waals surface area contributed by atoms with Crippen LogP contribution >= 0.6 is 0 Å². The highest BCUT2D eigenvalue weighted by atomic mass is 19.4. The van der Waals surface area contributed by atoms with Crippen molar-refractivity contribution in [2.75, 3.05) is 13.1 Å². The first-order valence-corrected chi connectivity index (χ1v) is 11.1. The Hall–Kier alpha value is -4.62. The third-order valence-electron chi connectivity index (χ3n) is 4.70. The topological polar surface area (TPSA) is 188 Å². The van der Waals surface area contributed by atoms with Crippen molar-refractivity contribution in [1.29, 1.82) is 0 Å². The Morgan fingerprint density at radius 3 is 1.89 bits per heavy atom. The number of rotatable bonds is 11. The molecule has 2 aromatic carbocycles. The van der Waals surface area contributed by atoms with Gasteiger partial charge in [-0.2, -0.15) is 13.2 Å². The molecule has 4 amide bonds. The van der Waals surface area contributed by atoms with Crippen molar-refractivity contribution in [3.8, 4) is 11.1 Å². The van der Waals surface area contributed by atoms with Crippen molar-refractivity contribution in [3.05, 3.63) is 60.2 Å². The highest BCUT2D eigenvalue weighted by molar-refractivity contribution is 5.85. The zero-order valence-corrected chi connectivity index (χ0v) is 20.0. The molecule has 0 heterocycles. The maximum absolute atomic E-state index is 12.2. The van der Waals surface area contributed by atoms with Gasteiger partial charge in [-0.3, -0.25) is 14.4 Å². The summed E-state index contributed by atoms with van der Waals surface area (Å²) >= 11 is 0. The maximum atomic E-state index is 12.2. The molecule has 14 heteroatoms. The van der Waals surface area contributed by atoms with Gasteiger partial charge < -0.3 is 31.9 Å². The predicted octanol–water partition coefficient (Wildman–Crippen LogP) is 2.18. The van der Waals surface area contributed by atoms with Crippen LogP contribution in [0.3, 0.4) is 0 Å². The summed E-state index contributed by atoms with van der Waals surface area (Å²) in [6, 6.07) is 15.6. The average molecular weight is 540 g/mol. The molecular weight excluding hydrogens is 513 g/mol. The number of carboxylic acids is 2. The van der Waals surface area contributed by atoms with Gasteiger partial charge in [0, 0.05) is 13.0 Å². The number of halogens is 3. The summed E-state index contributed by atoms with van der Waals surface area (Å²) in [6.07, 6.45) is -4.87. The van der Waals surface area contributed by atoms with Crippen molar-refractivity contribution in [1.82, 2.24) is 16.0 Å². The fourth-order valence-corrected chi connectivity index (χ4v) is 2.94. The van der Waals surface area contributed by atoms with E-state index >= 15 is 0 Å². The highest BCUT2D eigenvalue weighted by Gasteiger charge is 2.38. The summed E-state index contributed by atoms with van der Waals surface area (Å²) in [4.78, 5) is 54.7. The van der Waals surface area contributed by atoms with Crippen LogP contribution in [0, 0.1) is 0 Å². The van der Waals surface area contributed by atoms with Crippen LogP contribution in [0.4, 0.5) is 18.0 Å². The minimum Gasteiger partial charge on any atom is -0.481 e. The van der Waals surface area contributed by atoms with Gasteiger partial charge >= 0.3 is 24.1 Å². The molecule has 0 radical (unpaired) electrons. The molecule has 0 aliphatic rings. The molecular formula is C24H27F3N4O7. The molecule has 206 valence electrons. The fourth-order valence-electron chi connectivity index (χ4n) is 2.94. The number of benzene rings is 2. The number of carbonyl (C=O) groups excluding carboxylic acids is 3. The van der Waals surface area contributed by atoms with Crippen molar-refractivity contribution in [3.63, 3.8) is 0 Å². The molecule has 7 N–H and O–H groups in total. The number of primary amides is 1. The largest absolute Gasteiger partial charge is 0.490 e. The average Bonchev–Trinajstić information content (AvgIpc) is 2.85. The number of urea groups is 1. The zero-order chi connectivity index (χ0) is 28.7. The van der Waals surface area contributed by atoms with Gasteiger partial charge in [-0.05, 0) is 23.1 Å². The van der Waals surface area contributed by atoms with E-state index in [2.05, 4.69) is 16.0 Å². The number of hydrogen-bond donors (Lipinski definition) is 6. The Morgan fingerprint density at radius 1 is 0.842 bits per heavy atom. The van der Waals surface area contributed by atoms with Gasteiger partial charge in [-0.1, -0.05) is 54.6 Å². The van der Waals surface area contributed by atoms with Crippen LogP contribution in [-0.2, 0) is 19.2 Å². The lowest BCUT2D eigenvalue weighted by Crippen LogP contribution is -2.39. The van der Waals surface area contributed by atoms with E-state index in [0.717, 1.165) is 11.1 Å². The zero-order valence-electron chi connectivity index (χ0n) is 20.0. The molecule has 0 aromatic heterocycles. The van der Waals surface area contributed by atoms with Crippen molar-refractivity contribution in [2.45, 2.75) is 31.5 Å². The Labute approximate surface area is 215 Å². The SMILES string of the molecule is NC(=O)NCCCC(=O)NCC(=O)NC(CC(=O)O)c1ccc(-c2ccccc2)cc1.O=C(O)C(F)(F)F. The Bertz CT molecular complexity index is 1090. The fraction of sp³-hybridized carbons (Fsp3) is 0.292. The number of hydrogen-bond acceptors (Lipinski definition) is 5. The maximum Gasteiger partial charge on any atom is 0.490 e. The van der Waals surface area contributed by atoms with E-state index in [-0.39, 0.29) is 31.8 Å². The second-order valence-electron chi connectivity index (χ2n) is 7.68. The van der Waals surface area contributed by atoms with Gasteiger partial charge in [-0.15, -0.1) is 0 Å². The third kappa shape index (κ3) is 12.9. The summed E-state index contributed by atoms with van der Waals surface area (Å²) in [6.45, 7) is -0.0189. The van der Waals surface area contributed by atoms with Gasteiger partial charge in [0.15, 0.2) is 0 Å². The molecule has 0 aliphatic heterocycles.